The molecule has 1 heterocycles. The maximum absolute atomic E-state index is 11.3. The van der Waals surface area contributed by atoms with Crippen LogP contribution in [0.4, 0.5) is 0 Å². The number of likely N-dealkylation sites (N-methyl/N-ethyl adjacent to an activating group) is 1. The SMILES string of the molecule is CN1C[C@H](NS(C)(=O)=O)[C@@H](c2ccccc2)C1. The normalized spacial score (nSPS) is 26.2. The lowest BCUT2D eigenvalue weighted by Crippen LogP contribution is -2.38. The van der Waals surface area contributed by atoms with E-state index in [9.17, 15) is 8.42 Å². The van der Waals surface area contributed by atoms with Gasteiger partial charge in [0.2, 0.25) is 10.0 Å². The number of sulfonamides is 1. The summed E-state index contributed by atoms with van der Waals surface area (Å²) in [5.74, 6) is 0.232. The average molecular weight is 254 g/mol. The summed E-state index contributed by atoms with van der Waals surface area (Å²) in [5, 5.41) is 0. The third-order valence-corrected chi connectivity index (χ3v) is 3.83. The summed E-state index contributed by atoms with van der Waals surface area (Å²) in [6, 6.07) is 10.0. The second-order valence-electron chi connectivity index (χ2n) is 4.73. The summed E-state index contributed by atoms with van der Waals surface area (Å²) in [7, 11) is -1.13. The van der Waals surface area contributed by atoms with Crippen LogP contribution in [0.2, 0.25) is 0 Å². The first-order valence-electron chi connectivity index (χ1n) is 5.66. The van der Waals surface area contributed by atoms with Gasteiger partial charge >= 0.3 is 0 Å². The molecular weight excluding hydrogens is 236 g/mol. The van der Waals surface area contributed by atoms with Crippen LogP contribution in [0.25, 0.3) is 0 Å². The Morgan fingerprint density at radius 1 is 1.24 bits per heavy atom. The quantitative estimate of drug-likeness (QED) is 0.861. The van der Waals surface area contributed by atoms with E-state index in [0.29, 0.717) is 0 Å². The van der Waals surface area contributed by atoms with Gasteiger partial charge in [-0.3, -0.25) is 0 Å². The Morgan fingerprint density at radius 2 is 1.88 bits per heavy atom. The second kappa shape index (κ2) is 4.76. The van der Waals surface area contributed by atoms with Crippen LogP contribution in [0.15, 0.2) is 30.3 Å². The number of rotatable bonds is 3. The Bertz CT molecular complexity index is 473. The molecule has 1 aromatic carbocycles. The zero-order chi connectivity index (χ0) is 12.5. The number of hydrogen-bond acceptors (Lipinski definition) is 3. The Balaban J connectivity index is 2.20. The first-order valence-corrected chi connectivity index (χ1v) is 7.55. The van der Waals surface area contributed by atoms with Crippen LogP contribution in [0, 0.1) is 0 Å². The highest BCUT2D eigenvalue weighted by molar-refractivity contribution is 7.88. The molecule has 1 aromatic rings. The van der Waals surface area contributed by atoms with Gasteiger partial charge in [0.15, 0.2) is 0 Å². The number of likely N-dealkylation sites (tertiary alicyclic amines) is 1. The van der Waals surface area contributed by atoms with Gasteiger partial charge in [0, 0.05) is 25.0 Å². The Morgan fingerprint density at radius 3 is 2.47 bits per heavy atom. The minimum Gasteiger partial charge on any atom is -0.304 e. The van der Waals surface area contributed by atoms with E-state index in [-0.39, 0.29) is 12.0 Å². The summed E-state index contributed by atoms with van der Waals surface area (Å²) in [5.41, 5.74) is 1.19. The van der Waals surface area contributed by atoms with E-state index in [4.69, 9.17) is 0 Å². The minimum atomic E-state index is -3.15. The third kappa shape index (κ3) is 3.28. The summed E-state index contributed by atoms with van der Waals surface area (Å²) in [6.45, 7) is 1.64. The molecule has 94 valence electrons. The summed E-state index contributed by atoms with van der Waals surface area (Å²) in [6.07, 6.45) is 1.22. The van der Waals surface area contributed by atoms with Gasteiger partial charge in [-0.05, 0) is 12.6 Å². The maximum atomic E-state index is 11.3. The van der Waals surface area contributed by atoms with Crippen molar-refractivity contribution in [3.8, 4) is 0 Å². The van der Waals surface area contributed by atoms with Crippen molar-refractivity contribution in [2.24, 2.45) is 0 Å². The predicted molar refractivity (Wildman–Crippen MR) is 68.4 cm³/mol. The van der Waals surface area contributed by atoms with Crippen molar-refractivity contribution in [3.63, 3.8) is 0 Å². The Labute approximate surface area is 103 Å². The Kier molecular flexibility index (Phi) is 3.51. The molecule has 5 heteroatoms. The Hall–Kier alpha value is -0.910. The molecule has 0 unspecified atom stereocenters. The lowest BCUT2D eigenvalue weighted by molar-refractivity contribution is 0.405. The van der Waals surface area contributed by atoms with E-state index < -0.39 is 10.0 Å². The fourth-order valence-electron chi connectivity index (χ4n) is 2.43. The van der Waals surface area contributed by atoms with Crippen molar-refractivity contribution < 1.29 is 8.42 Å². The molecule has 0 spiro atoms. The molecule has 0 saturated carbocycles. The lowest BCUT2D eigenvalue weighted by atomic mass is 9.95. The van der Waals surface area contributed by atoms with Crippen molar-refractivity contribution >= 4 is 10.0 Å². The molecule has 2 rings (SSSR count). The minimum absolute atomic E-state index is 0.0302. The number of nitrogens with one attached hydrogen (secondary N) is 1. The van der Waals surface area contributed by atoms with E-state index in [1.165, 1.54) is 11.8 Å². The van der Waals surface area contributed by atoms with E-state index in [1.54, 1.807) is 0 Å². The van der Waals surface area contributed by atoms with Crippen molar-refractivity contribution in [1.29, 1.82) is 0 Å². The molecule has 0 amide bonds. The van der Waals surface area contributed by atoms with Gasteiger partial charge in [0.05, 0.1) is 6.26 Å². The first-order chi connectivity index (χ1) is 7.96. The highest BCUT2D eigenvalue weighted by atomic mass is 32.2. The van der Waals surface area contributed by atoms with Crippen LogP contribution in [0.5, 0.6) is 0 Å². The van der Waals surface area contributed by atoms with Crippen LogP contribution >= 0.6 is 0 Å². The van der Waals surface area contributed by atoms with Crippen LogP contribution in [0.3, 0.4) is 0 Å². The van der Waals surface area contributed by atoms with E-state index in [0.717, 1.165) is 13.1 Å². The standard InChI is InChI=1S/C12H18N2O2S/c1-14-8-11(10-6-4-3-5-7-10)12(9-14)13-17(2,15)16/h3-7,11-13H,8-9H2,1-2H3/t11-,12+/m1/s1. The number of hydrogen-bond donors (Lipinski definition) is 1. The fraction of sp³-hybridized carbons (Fsp3) is 0.500. The summed E-state index contributed by atoms with van der Waals surface area (Å²) < 4.78 is 25.4. The van der Waals surface area contributed by atoms with Gasteiger partial charge in [-0.2, -0.15) is 0 Å². The van der Waals surface area contributed by atoms with Gasteiger partial charge in [-0.1, -0.05) is 30.3 Å². The lowest BCUT2D eigenvalue weighted by Gasteiger charge is -2.19. The third-order valence-electron chi connectivity index (χ3n) is 3.10. The highest BCUT2D eigenvalue weighted by Gasteiger charge is 2.33. The van der Waals surface area contributed by atoms with E-state index in [1.807, 2.05) is 25.2 Å². The topological polar surface area (TPSA) is 49.4 Å². The molecular formula is C12H18N2O2S. The maximum Gasteiger partial charge on any atom is 0.209 e. The van der Waals surface area contributed by atoms with Crippen LogP contribution in [0.1, 0.15) is 11.5 Å². The van der Waals surface area contributed by atoms with Crippen molar-refractivity contribution in [2.45, 2.75) is 12.0 Å². The van der Waals surface area contributed by atoms with Gasteiger partial charge in [0.25, 0.3) is 0 Å². The molecule has 1 N–H and O–H groups in total. The molecule has 0 bridgehead atoms. The largest absolute Gasteiger partial charge is 0.304 e. The van der Waals surface area contributed by atoms with E-state index >= 15 is 0 Å². The number of benzene rings is 1. The highest BCUT2D eigenvalue weighted by Crippen LogP contribution is 2.26. The van der Waals surface area contributed by atoms with Crippen molar-refractivity contribution in [1.82, 2.24) is 9.62 Å². The molecule has 1 fully saturated rings. The zero-order valence-electron chi connectivity index (χ0n) is 10.1. The molecule has 2 atom stereocenters. The first kappa shape index (κ1) is 12.5. The van der Waals surface area contributed by atoms with Crippen LogP contribution in [-0.2, 0) is 10.0 Å². The van der Waals surface area contributed by atoms with Crippen LogP contribution in [-0.4, -0.2) is 45.8 Å². The van der Waals surface area contributed by atoms with Gasteiger partial charge in [0.1, 0.15) is 0 Å². The summed E-state index contributed by atoms with van der Waals surface area (Å²) in [4.78, 5) is 2.15. The fourth-order valence-corrected chi connectivity index (χ4v) is 3.22. The number of nitrogens with zero attached hydrogens (tertiary/aromatic N) is 1. The molecule has 0 aliphatic carbocycles. The average Bonchev–Trinajstić information content (AvgIpc) is 2.58. The molecule has 0 radical (unpaired) electrons. The molecule has 0 aromatic heterocycles. The smallest absolute Gasteiger partial charge is 0.209 e. The second-order valence-corrected chi connectivity index (χ2v) is 6.51. The van der Waals surface area contributed by atoms with Crippen LogP contribution < -0.4 is 4.72 Å². The molecule has 1 aliphatic rings. The predicted octanol–water partition coefficient (Wildman–Crippen LogP) is 0.633. The molecule has 4 nitrogen and oxygen atoms in total. The summed E-state index contributed by atoms with van der Waals surface area (Å²) >= 11 is 0. The van der Waals surface area contributed by atoms with Crippen molar-refractivity contribution in [2.75, 3.05) is 26.4 Å². The molecule has 1 saturated heterocycles. The molecule has 17 heavy (non-hydrogen) atoms. The van der Waals surface area contributed by atoms with Gasteiger partial charge in [-0.15, -0.1) is 0 Å². The zero-order valence-corrected chi connectivity index (χ0v) is 10.9. The molecule has 1 aliphatic heterocycles. The monoisotopic (exact) mass is 254 g/mol. The van der Waals surface area contributed by atoms with Crippen molar-refractivity contribution in [3.05, 3.63) is 35.9 Å². The van der Waals surface area contributed by atoms with Gasteiger partial charge in [-0.25, -0.2) is 13.1 Å². The van der Waals surface area contributed by atoms with Gasteiger partial charge < -0.3 is 4.90 Å². The van der Waals surface area contributed by atoms with E-state index in [2.05, 4.69) is 21.8 Å².